The van der Waals surface area contributed by atoms with Crippen molar-refractivity contribution in [1.82, 2.24) is 0 Å². The van der Waals surface area contributed by atoms with Gasteiger partial charge < -0.3 is 5.11 Å². The molecule has 1 N–H and O–H groups in total. The van der Waals surface area contributed by atoms with Crippen LogP contribution >= 0.6 is 36.2 Å². The van der Waals surface area contributed by atoms with Gasteiger partial charge in [0.1, 0.15) is 0 Å². The summed E-state index contributed by atoms with van der Waals surface area (Å²) < 4.78 is 0.689. The highest BCUT2D eigenvalue weighted by Crippen LogP contribution is 2.39. The van der Waals surface area contributed by atoms with E-state index in [1.165, 1.54) is 0 Å². The Balaban J connectivity index is 2.15. The van der Waals surface area contributed by atoms with E-state index in [1.807, 2.05) is 23.5 Å². The Morgan fingerprint density at radius 3 is 2.90 bits per heavy atom. The van der Waals surface area contributed by atoms with Gasteiger partial charge >= 0.3 is 0 Å². The summed E-state index contributed by atoms with van der Waals surface area (Å²) in [4.78, 5) is 0. The topological polar surface area (TPSA) is 20.2 Å². The van der Waals surface area contributed by atoms with Gasteiger partial charge in [-0.15, -0.1) is 23.5 Å². The van der Waals surface area contributed by atoms with Gasteiger partial charge in [-0.3, -0.25) is 0 Å². The second-order valence-electron chi connectivity index (χ2n) is 2.22. The molecule has 1 aliphatic rings. The Labute approximate surface area is 75.8 Å². The first kappa shape index (κ1) is 9.10. The van der Waals surface area contributed by atoms with Crippen LogP contribution in [0.4, 0.5) is 0 Å². The van der Waals surface area contributed by atoms with Gasteiger partial charge in [-0.1, -0.05) is 0 Å². The van der Waals surface area contributed by atoms with Crippen molar-refractivity contribution in [1.29, 1.82) is 0 Å². The maximum absolute atomic E-state index is 8.80. The molecule has 0 spiro atoms. The molecule has 4 heteroatoms. The first-order chi connectivity index (χ1) is 4.86. The summed E-state index contributed by atoms with van der Waals surface area (Å²) >= 11 is 8.02. The van der Waals surface area contributed by atoms with Crippen molar-refractivity contribution in [3.8, 4) is 0 Å². The molecule has 1 rings (SSSR count). The predicted molar refractivity (Wildman–Crippen MR) is 53.2 cm³/mol. The minimum absolute atomic E-state index is 0.334. The molecule has 2 atom stereocenters. The summed E-state index contributed by atoms with van der Waals surface area (Å²) in [6, 6.07) is 0. The number of rotatable bonds is 3. The molecular formula is C6H12OS3. The highest BCUT2D eigenvalue weighted by Gasteiger charge is 2.24. The average Bonchev–Trinajstić information content (AvgIpc) is 2.37. The third-order valence-electron chi connectivity index (χ3n) is 1.38. The quantitative estimate of drug-likeness (QED) is 0.667. The third kappa shape index (κ3) is 2.57. The SMILES string of the molecule is OCC1CSC(CCS)S1. The third-order valence-corrected chi connectivity index (χ3v) is 5.03. The van der Waals surface area contributed by atoms with Crippen LogP contribution in [0.25, 0.3) is 0 Å². The van der Waals surface area contributed by atoms with E-state index < -0.39 is 0 Å². The Kier molecular flexibility index (Phi) is 4.37. The van der Waals surface area contributed by atoms with E-state index in [2.05, 4.69) is 12.6 Å². The van der Waals surface area contributed by atoms with Crippen LogP contribution in [0.2, 0.25) is 0 Å². The molecule has 0 saturated carbocycles. The van der Waals surface area contributed by atoms with Gasteiger partial charge in [0.2, 0.25) is 0 Å². The largest absolute Gasteiger partial charge is 0.395 e. The lowest BCUT2D eigenvalue weighted by Crippen LogP contribution is -2.06. The lowest BCUT2D eigenvalue weighted by molar-refractivity contribution is 0.301. The van der Waals surface area contributed by atoms with Gasteiger partial charge in [-0.2, -0.15) is 12.6 Å². The Hall–Kier alpha value is 1.01. The van der Waals surface area contributed by atoms with Crippen LogP contribution < -0.4 is 0 Å². The number of aliphatic hydroxyl groups excluding tert-OH is 1. The van der Waals surface area contributed by atoms with Crippen molar-refractivity contribution in [3.05, 3.63) is 0 Å². The molecule has 1 nitrogen and oxygen atoms in total. The highest BCUT2D eigenvalue weighted by molar-refractivity contribution is 8.20. The molecule has 0 aliphatic carbocycles. The number of thioether (sulfide) groups is 2. The molecule has 0 amide bonds. The zero-order valence-electron chi connectivity index (χ0n) is 5.69. The molecule has 0 radical (unpaired) electrons. The lowest BCUT2D eigenvalue weighted by atomic mass is 10.5. The standard InChI is InChI=1S/C6H12OS3/c7-3-5-4-9-6(10-5)1-2-8/h5-8H,1-4H2. The van der Waals surface area contributed by atoms with Crippen molar-refractivity contribution in [2.24, 2.45) is 0 Å². The second kappa shape index (κ2) is 4.80. The second-order valence-corrected chi connectivity index (χ2v) is 5.71. The number of thiol groups is 1. The Morgan fingerprint density at radius 1 is 1.60 bits per heavy atom. The first-order valence-corrected chi connectivity index (χ1v) is 5.98. The van der Waals surface area contributed by atoms with Crippen LogP contribution in [0.15, 0.2) is 0 Å². The van der Waals surface area contributed by atoms with E-state index in [1.54, 1.807) is 0 Å². The number of hydrogen-bond donors (Lipinski definition) is 2. The van der Waals surface area contributed by atoms with Crippen LogP contribution in [0.3, 0.4) is 0 Å². The molecule has 0 aromatic heterocycles. The lowest BCUT2D eigenvalue weighted by Gasteiger charge is -2.05. The molecule has 2 unspecified atom stereocenters. The summed E-state index contributed by atoms with van der Waals surface area (Å²) in [6.07, 6.45) is 1.16. The van der Waals surface area contributed by atoms with Gasteiger partial charge in [0.25, 0.3) is 0 Å². The van der Waals surface area contributed by atoms with Gasteiger partial charge in [0, 0.05) is 11.0 Å². The summed E-state index contributed by atoms with van der Waals surface area (Å²) in [5.74, 6) is 2.07. The van der Waals surface area contributed by atoms with E-state index in [0.717, 1.165) is 17.9 Å². The molecular weight excluding hydrogens is 184 g/mol. The highest BCUT2D eigenvalue weighted by atomic mass is 32.2. The summed E-state index contributed by atoms with van der Waals surface area (Å²) in [5, 5.41) is 9.28. The fourth-order valence-electron chi connectivity index (χ4n) is 0.860. The predicted octanol–water partition coefficient (Wildman–Crippen LogP) is 1.47. The zero-order valence-corrected chi connectivity index (χ0v) is 8.22. The first-order valence-electron chi connectivity index (χ1n) is 3.35. The van der Waals surface area contributed by atoms with Crippen molar-refractivity contribution in [3.63, 3.8) is 0 Å². The van der Waals surface area contributed by atoms with E-state index in [0.29, 0.717) is 16.4 Å². The fourth-order valence-corrected chi connectivity index (χ4v) is 4.63. The smallest absolute Gasteiger partial charge is 0.0558 e. The number of aliphatic hydroxyl groups is 1. The van der Waals surface area contributed by atoms with E-state index in [-0.39, 0.29) is 0 Å². The van der Waals surface area contributed by atoms with Gasteiger partial charge in [-0.05, 0) is 12.2 Å². The van der Waals surface area contributed by atoms with Crippen LogP contribution in [-0.4, -0.2) is 33.1 Å². The Morgan fingerprint density at radius 2 is 2.40 bits per heavy atom. The van der Waals surface area contributed by atoms with E-state index in [4.69, 9.17) is 5.11 Å². The normalized spacial score (nSPS) is 33.0. The average molecular weight is 196 g/mol. The maximum Gasteiger partial charge on any atom is 0.0558 e. The van der Waals surface area contributed by atoms with Crippen molar-refractivity contribution < 1.29 is 5.11 Å². The summed E-state index contributed by atoms with van der Waals surface area (Å²) in [7, 11) is 0. The number of hydrogen-bond acceptors (Lipinski definition) is 4. The van der Waals surface area contributed by atoms with Crippen LogP contribution in [0, 0.1) is 0 Å². The zero-order chi connectivity index (χ0) is 7.40. The van der Waals surface area contributed by atoms with Gasteiger partial charge in [0.15, 0.2) is 0 Å². The van der Waals surface area contributed by atoms with Crippen LogP contribution in [0.1, 0.15) is 6.42 Å². The molecule has 60 valence electrons. The monoisotopic (exact) mass is 196 g/mol. The molecule has 1 heterocycles. The van der Waals surface area contributed by atoms with Crippen LogP contribution in [0.5, 0.6) is 0 Å². The summed E-state index contributed by atoms with van der Waals surface area (Å²) in [5.41, 5.74) is 0. The molecule has 0 aromatic rings. The molecule has 1 saturated heterocycles. The maximum atomic E-state index is 8.80. The molecule has 1 aliphatic heterocycles. The molecule has 0 bridgehead atoms. The van der Waals surface area contributed by atoms with Crippen molar-refractivity contribution >= 4 is 36.2 Å². The fraction of sp³-hybridized carbons (Fsp3) is 1.00. The van der Waals surface area contributed by atoms with Crippen molar-refractivity contribution in [2.45, 2.75) is 16.3 Å². The Bertz CT molecular complexity index is 99.0. The van der Waals surface area contributed by atoms with E-state index >= 15 is 0 Å². The molecule has 10 heavy (non-hydrogen) atoms. The summed E-state index contributed by atoms with van der Waals surface area (Å²) in [6.45, 7) is 0.334. The molecule has 0 aromatic carbocycles. The van der Waals surface area contributed by atoms with Crippen LogP contribution in [-0.2, 0) is 0 Å². The minimum Gasteiger partial charge on any atom is -0.395 e. The van der Waals surface area contributed by atoms with Gasteiger partial charge in [-0.25, -0.2) is 0 Å². The minimum atomic E-state index is 0.334. The van der Waals surface area contributed by atoms with E-state index in [9.17, 15) is 0 Å². The molecule has 1 fully saturated rings. The van der Waals surface area contributed by atoms with Crippen molar-refractivity contribution in [2.75, 3.05) is 18.1 Å². The van der Waals surface area contributed by atoms with Gasteiger partial charge in [0.05, 0.1) is 11.2 Å².